The predicted molar refractivity (Wildman–Crippen MR) is 139 cm³/mol. The van der Waals surface area contributed by atoms with E-state index in [0.29, 0.717) is 33.2 Å². The topological polar surface area (TPSA) is 90.5 Å². The average Bonchev–Trinajstić information content (AvgIpc) is 3.02. The molecule has 0 saturated carbocycles. The maximum absolute atomic E-state index is 13.1. The van der Waals surface area contributed by atoms with E-state index in [4.69, 9.17) is 4.74 Å². The van der Waals surface area contributed by atoms with Crippen LogP contribution in [0, 0.1) is 0 Å². The standard InChI is InChI=1S/C29H24N2O4S/c1-35-23-12-9-19(10-13-23)15-20-5-4-6-21(16-20)18-30-28(32)22-11-14-27-25(17-22)31-29(33)24-7-2-3-8-26(24)36(27)34/h2-14,16-17H,15,18H2,1H3,(H,30,32)(H,31,33). The minimum Gasteiger partial charge on any atom is -0.606 e. The molecule has 0 aliphatic carbocycles. The molecule has 4 aromatic carbocycles. The van der Waals surface area contributed by atoms with Crippen molar-refractivity contribution in [3.63, 3.8) is 0 Å². The molecule has 1 unspecified atom stereocenters. The van der Waals surface area contributed by atoms with Crippen LogP contribution in [-0.2, 0) is 24.1 Å². The molecule has 1 heterocycles. The molecule has 7 heteroatoms. The van der Waals surface area contributed by atoms with Gasteiger partial charge in [-0.3, -0.25) is 9.59 Å². The lowest BCUT2D eigenvalue weighted by Crippen LogP contribution is -2.23. The van der Waals surface area contributed by atoms with Gasteiger partial charge in [0.2, 0.25) is 0 Å². The first-order valence-corrected chi connectivity index (χ1v) is 12.6. The van der Waals surface area contributed by atoms with Gasteiger partial charge in [0, 0.05) is 23.3 Å². The fourth-order valence-electron chi connectivity index (χ4n) is 4.17. The number of hydrogen-bond donors (Lipinski definition) is 2. The second-order valence-electron chi connectivity index (χ2n) is 8.46. The molecule has 5 rings (SSSR count). The summed E-state index contributed by atoms with van der Waals surface area (Å²) in [6.07, 6.45) is 0.774. The van der Waals surface area contributed by atoms with E-state index < -0.39 is 11.2 Å². The lowest BCUT2D eigenvalue weighted by molar-refractivity contribution is 0.0949. The summed E-state index contributed by atoms with van der Waals surface area (Å²) in [5.74, 6) is 0.201. The van der Waals surface area contributed by atoms with Gasteiger partial charge in [-0.1, -0.05) is 48.5 Å². The lowest BCUT2D eigenvalue weighted by atomic mass is 10.0. The lowest BCUT2D eigenvalue weighted by Gasteiger charge is -2.12. The Bertz CT molecular complexity index is 1440. The molecular weight excluding hydrogens is 472 g/mol. The molecule has 0 spiro atoms. The maximum Gasteiger partial charge on any atom is 0.260 e. The Morgan fingerprint density at radius 1 is 0.889 bits per heavy atom. The highest BCUT2D eigenvalue weighted by Gasteiger charge is 2.30. The summed E-state index contributed by atoms with van der Waals surface area (Å²) in [5, 5.41) is 5.74. The Morgan fingerprint density at radius 2 is 1.67 bits per heavy atom. The number of nitrogens with one attached hydrogen (secondary N) is 2. The maximum atomic E-state index is 13.1. The Morgan fingerprint density at radius 3 is 2.47 bits per heavy atom. The summed E-state index contributed by atoms with van der Waals surface area (Å²) in [7, 11) is 1.65. The molecule has 0 aromatic heterocycles. The van der Waals surface area contributed by atoms with Crippen LogP contribution in [-0.4, -0.2) is 23.5 Å². The van der Waals surface area contributed by atoms with Crippen molar-refractivity contribution in [3.05, 3.63) is 119 Å². The molecule has 1 aliphatic heterocycles. The van der Waals surface area contributed by atoms with Crippen molar-refractivity contribution in [2.75, 3.05) is 12.4 Å². The number of fused-ring (bicyclic) bond motifs is 2. The smallest absolute Gasteiger partial charge is 0.260 e. The highest BCUT2D eigenvalue weighted by molar-refractivity contribution is 7.91. The molecule has 0 radical (unpaired) electrons. The summed E-state index contributed by atoms with van der Waals surface area (Å²) in [5.41, 5.74) is 4.42. The third-order valence-corrected chi connectivity index (χ3v) is 7.54. The third-order valence-electron chi connectivity index (χ3n) is 6.03. The van der Waals surface area contributed by atoms with Crippen molar-refractivity contribution in [2.45, 2.75) is 22.8 Å². The minimum absolute atomic E-state index is 0.278. The molecule has 4 aromatic rings. The Balaban J connectivity index is 1.27. The Hall–Kier alpha value is -4.07. The zero-order valence-electron chi connectivity index (χ0n) is 19.6. The molecule has 1 aliphatic rings. The Labute approximate surface area is 212 Å². The number of rotatable bonds is 6. The van der Waals surface area contributed by atoms with Gasteiger partial charge in [0.15, 0.2) is 9.79 Å². The van der Waals surface area contributed by atoms with Crippen LogP contribution in [0.2, 0.25) is 0 Å². The zero-order valence-corrected chi connectivity index (χ0v) is 20.4. The van der Waals surface area contributed by atoms with E-state index in [1.165, 1.54) is 5.56 Å². The first-order valence-electron chi connectivity index (χ1n) is 11.5. The summed E-state index contributed by atoms with van der Waals surface area (Å²) in [6, 6.07) is 27.7. The SMILES string of the molecule is COc1ccc(Cc2cccc(CNC(=O)c3ccc4c(c3)NC(=O)c3ccccc3[S+]4[O-])c2)cc1. The van der Waals surface area contributed by atoms with Crippen molar-refractivity contribution in [1.29, 1.82) is 0 Å². The first-order chi connectivity index (χ1) is 17.5. The average molecular weight is 497 g/mol. The summed E-state index contributed by atoms with van der Waals surface area (Å²) < 4.78 is 18.3. The van der Waals surface area contributed by atoms with Gasteiger partial charge in [0.1, 0.15) is 5.75 Å². The number of anilines is 1. The number of ether oxygens (including phenoxy) is 1. The van der Waals surface area contributed by atoms with Gasteiger partial charge in [-0.2, -0.15) is 0 Å². The monoisotopic (exact) mass is 496 g/mol. The molecule has 0 bridgehead atoms. The van der Waals surface area contributed by atoms with Crippen molar-refractivity contribution in [1.82, 2.24) is 5.32 Å². The number of carbonyl (C=O) groups is 2. The van der Waals surface area contributed by atoms with E-state index in [-0.39, 0.29) is 11.8 Å². The van der Waals surface area contributed by atoms with Crippen LogP contribution in [0.1, 0.15) is 37.4 Å². The molecule has 36 heavy (non-hydrogen) atoms. The number of benzene rings is 4. The van der Waals surface area contributed by atoms with Gasteiger partial charge in [0.05, 0.1) is 18.4 Å². The highest BCUT2D eigenvalue weighted by atomic mass is 32.2. The predicted octanol–water partition coefficient (Wildman–Crippen LogP) is 4.95. The molecule has 1 atom stereocenters. The van der Waals surface area contributed by atoms with Crippen LogP contribution in [0.15, 0.2) is 101 Å². The molecule has 0 saturated heterocycles. The summed E-state index contributed by atoms with van der Waals surface area (Å²) in [4.78, 5) is 26.5. The van der Waals surface area contributed by atoms with Crippen LogP contribution >= 0.6 is 0 Å². The van der Waals surface area contributed by atoms with E-state index >= 15 is 0 Å². The molecule has 2 amide bonds. The normalized spacial score (nSPS) is 14.2. The van der Waals surface area contributed by atoms with E-state index in [0.717, 1.165) is 23.3 Å². The van der Waals surface area contributed by atoms with Gasteiger partial charge >= 0.3 is 0 Å². The van der Waals surface area contributed by atoms with Crippen LogP contribution in [0.3, 0.4) is 0 Å². The van der Waals surface area contributed by atoms with Crippen LogP contribution in [0.5, 0.6) is 5.75 Å². The van der Waals surface area contributed by atoms with E-state index in [9.17, 15) is 14.1 Å². The quantitative estimate of drug-likeness (QED) is 0.370. The molecular formula is C29H24N2O4S. The molecule has 6 nitrogen and oxygen atoms in total. The van der Waals surface area contributed by atoms with Crippen molar-refractivity contribution < 1.29 is 18.9 Å². The highest BCUT2D eigenvalue weighted by Crippen LogP contribution is 2.34. The van der Waals surface area contributed by atoms with Gasteiger partial charge < -0.3 is 19.9 Å². The van der Waals surface area contributed by atoms with E-state index in [1.54, 1.807) is 49.6 Å². The number of hydrogen-bond acceptors (Lipinski definition) is 4. The summed E-state index contributed by atoms with van der Waals surface area (Å²) >= 11 is -1.53. The fraction of sp³-hybridized carbons (Fsp3) is 0.103. The van der Waals surface area contributed by atoms with Gasteiger partial charge in [-0.15, -0.1) is 0 Å². The van der Waals surface area contributed by atoms with Gasteiger partial charge in [-0.25, -0.2) is 0 Å². The Kier molecular flexibility index (Phi) is 6.75. The van der Waals surface area contributed by atoms with Crippen molar-refractivity contribution in [3.8, 4) is 5.75 Å². The molecule has 2 N–H and O–H groups in total. The zero-order chi connectivity index (χ0) is 25.1. The third kappa shape index (κ3) is 4.98. The fourth-order valence-corrected chi connectivity index (χ4v) is 5.47. The number of carbonyl (C=O) groups excluding carboxylic acids is 2. The van der Waals surface area contributed by atoms with Gasteiger partial charge in [0.25, 0.3) is 11.8 Å². The number of amides is 2. The molecule has 180 valence electrons. The van der Waals surface area contributed by atoms with Crippen molar-refractivity contribution in [2.24, 2.45) is 0 Å². The molecule has 0 fully saturated rings. The number of methoxy groups -OCH3 is 1. The van der Waals surface area contributed by atoms with Crippen LogP contribution in [0.4, 0.5) is 5.69 Å². The summed E-state index contributed by atoms with van der Waals surface area (Å²) in [6.45, 7) is 0.357. The second kappa shape index (κ2) is 10.3. The van der Waals surface area contributed by atoms with Crippen LogP contribution < -0.4 is 15.4 Å². The second-order valence-corrected chi connectivity index (χ2v) is 9.87. The van der Waals surface area contributed by atoms with Gasteiger partial charge in [-0.05, 0) is 65.6 Å². The van der Waals surface area contributed by atoms with Crippen LogP contribution in [0.25, 0.3) is 0 Å². The minimum atomic E-state index is -1.53. The van der Waals surface area contributed by atoms with E-state index in [1.807, 2.05) is 36.4 Å². The van der Waals surface area contributed by atoms with Crippen molar-refractivity contribution >= 4 is 28.7 Å². The first kappa shape index (κ1) is 23.7. The van der Waals surface area contributed by atoms with E-state index in [2.05, 4.69) is 22.8 Å². The largest absolute Gasteiger partial charge is 0.606 e.